The smallest absolute Gasteiger partial charge is 0.444 e. The van der Waals surface area contributed by atoms with Crippen molar-refractivity contribution >= 4 is 11.9 Å². The molecule has 1 saturated heterocycles. The number of piperidine rings is 1. The van der Waals surface area contributed by atoms with Crippen LogP contribution in [-0.2, 0) is 16.8 Å². The molecule has 0 saturated carbocycles. The number of amides is 1. The molecule has 1 aliphatic rings. The highest BCUT2D eigenvalue weighted by atomic mass is 19.4. The Hall–Kier alpha value is -3.12. The number of ether oxygens (including phenoxy) is 1. The largest absolute Gasteiger partial charge is 0.451 e. The van der Waals surface area contributed by atoms with Gasteiger partial charge in [-0.05, 0) is 46.6 Å². The van der Waals surface area contributed by atoms with Crippen molar-refractivity contribution < 1.29 is 31.5 Å². The quantitative estimate of drug-likeness (QED) is 0.581. The standard InChI is InChI=1S/C22H27F5N6O2/c1-13-29-11-15(21(23,24)12-30-16-5-8-28-18(32-16)22(25,26)27)17(31-13)14-6-9-33(10-7-14)19(34)35-20(2,3)4/h5,8,11,14H,6-7,9-10,12H2,1-4H3,(H,28,30,32). The number of likely N-dealkylation sites (tertiary alicyclic amines) is 1. The summed E-state index contributed by atoms with van der Waals surface area (Å²) in [5, 5.41) is 2.26. The first-order valence-corrected chi connectivity index (χ1v) is 11.0. The van der Waals surface area contributed by atoms with Gasteiger partial charge in [0, 0.05) is 31.4 Å². The highest BCUT2D eigenvalue weighted by Crippen LogP contribution is 2.37. The lowest BCUT2D eigenvalue weighted by Crippen LogP contribution is -2.41. The Kier molecular flexibility index (Phi) is 7.46. The minimum atomic E-state index is -4.80. The Balaban J connectivity index is 1.74. The molecule has 3 rings (SSSR count). The van der Waals surface area contributed by atoms with Gasteiger partial charge in [0.2, 0.25) is 5.82 Å². The summed E-state index contributed by atoms with van der Waals surface area (Å²) in [5.41, 5.74) is -0.909. The van der Waals surface area contributed by atoms with Crippen molar-refractivity contribution in [1.29, 1.82) is 0 Å². The lowest BCUT2D eigenvalue weighted by molar-refractivity contribution is -0.144. The van der Waals surface area contributed by atoms with E-state index in [1.54, 1.807) is 27.7 Å². The number of carbonyl (C=O) groups is 1. The number of aromatic nitrogens is 4. The van der Waals surface area contributed by atoms with Crippen LogP contribution < -0.4 is 5.32 Å². The molecular formula is C22H27F5N6O2. The molecule has 1 aliphatic heterocycles. The zero-order valence-corrected chi connectivity index (χ0v) is 19.8. The minimum Gasteiger partial charge on any atom is -0.444 e. The lowest BCUT2D eigenvalue weighted by atomic mass is 9.89. The van der Waals surface area contributed by atoms with Crippen LogP contribution in [-0.4, -0.2) is 56.2 Å². The number of hydrogen-bond acceptors (Lipinski definition) is 7. The SMILES string of the molecule is Cc1ncc(C(F)(F)CNc2ccnc(C(F)(F)F)n2)c(C2CCN(C(=O)OC(C)(C)C)CC2)n1. The molecule has 0 aromatic carbocycles. The van der Waals surface area contributed by atoms with Crippen LogP contribution in [0.3, 0.4) is 0 Å². The van der Waals surface area contributed by atoms with Crippen LogP contribution in [0.25, 0.3) is 0 Å². The molecule has 3 heterocycles. The van der Waals surface area contributed by atoms with Crippen LogP contribution in [0.4, 0.5) is 32.6 Å². The van der Waals surface area contributed by atoms with Crippen molar-refractivity contribution in [2.24, 2.45) is 0 Å². The van der Waals surface area contributed by atoms with Gasteiger partial charge < -0.3 is 15.0 Å². The molecule has 0 unspecified atom stereocenters. The minimum absolute atomic E-state index is 0.159. The fourth-order valence-electron chi connectivity index (χ4n) is 3.63. The molecule has 35 heavy (non-hydrogen) atoms. The third kappa shape index (κ3) is 6.95. The highest BCUT2D eigenvalue weighted by Gasteiger charge is 2.39. The summed E-state index contributed by atoms with van der Waals surface area (Å²) in [6.07, 6.45) is -2.59. The fraction of sp³-hybridized carbons (Fsp3) is 0.591. The number of halogens is 5. The van der Waals surface area contributed by atoms with E-state index in [9.17, 15) is 18.0 Å². The van der Waals surface area contributed by atoms with Crippen LogP contribution in [0.2, 0.25) is 0 Å². The van der Waals surface area contributed by atoms with Crippen molar-refractivity contribution in [3.8, 4) is 0 Å². The Labute approximate surface area is 199 Å². The molecule has 192 valence electrons. The molecule has 1 fully saturated rings. The Morgan fingerprint density at radius 3 is 2.37 bits per heavy atom. The summed E-state index contributed by atoms with van der Waals surface area (Å²) in [6.45, 7) is 6.47. The monoisotopic (exact) mass is 502 g/mol. The normalized spacial score (nSPS) is 15.7. The van der Waals surface area contributed by atoms with E-state index in [1.165, 1.54) is 4.90 Å². The highest BCUT2D eigenvalue weighted by molar-refractivity contribution is 5.68. The average Bonchev–Trinajstić information content (AvgIpc) is 2.76. The Morgan fingerprint density at radius 1 is 1.11 bits per heavy atom. The van der Waals surface area contributed by atoms with Crippen molar-refractivity contribution in [2.45, 2.75) is 64.2 Å². The molecule has 1 N–H and O–H groups in total. The molecule has 2 aromatic heterocycles. The number of alkyl halides is 5. The summed E-state index contributed by atoms with van der Waals surface area (Å²) in [7, 11) is 0. The summed E-state index contributed by atoms with van der Waals surface area (Å²) in [6, 6.07) is 1.07. The molecule has 8 nitrogen and oxygen atoms in total. The lowest BCUT2D eigenvalue weighted by Gasteiger charge is -2.34. The van der Waals surface area contributed by atoms with Gasteiger partial charge in [0.15, 0.2) is 0 Å². The Morgan fingerprint density at radius 2 is 1.77 bits per heavy atom. The van der Waals surface area contributed by atoms with Gasteiger partial charge in [-0.3, -0.25) is 0 Å². The first kappa shape index (κ1) is 26.5. The second-order valence-corrected chi connectivity index (χ2v) is 9.28. The van der Waals surface area contributed by atoms with Gasteiger partial charge in [0.25, 0.3) is 5.92 Å². The maximum atomic E-state index is 15.2. The number of aryl methyl sites for hydroxylation is 1. The predicted molar refractivity (Wildman–Crippen MR) is 116 cm³/mol. The average molecular weight is 502 g/mol. The number of hydrogen-bond donors (Lipinski definition) is 1. The van der Waals surface area contributed by atoms with Crippen LogP contribution in [0, 0.1) is 6.92 Å². The third-order valence-corrected chi connectivity index (χ3v) is 5.27. The van der Waals surface area contributed by atoms with Crippen LogP contribution >= 0.6 is 0 Å². The van der Waals surface area contributed by atoms with E-state index in [1.807, 2.05) is 0 Å². The predicted octanol–water partition coefficient (Wildman–Crippen LogP) is 4.91. The molecule has 13 heteroatoms. The molecule has 0 radical (unpaired) electrons. The van der Waals surface area contributed by atoms with Crippen molar-refractivity contribution in [1.82, 2.24) is 24.8 Å². The number of rotatable bonds is 5. The van der Waals surface area contributed by atoms with Gasteiger partial charge in [-0.15, -0.1) is 0 Å². The second-order valence-electron chi connectivity index (χ2n) is 9.28. The topological polar surface area (TPSA) is 93.1 Å². The van der Waals surface area contributed by atoms with Crippen molar-refractivity contribution in [3.63, 3.8) is 0 Å². The number of anilines is 1. The second kappa shape index (κ2) is 9.86. The van der Waals surface area contributed by atoms with E-state index < -0.39 is 41.7 Å². The molecule has 1 amide bonds. The maximum absolute atomic E-state index is 15.2. The van der Waals surface area contributed by atoms with Crippen LogP contribution in [0.15, 0.2) is 18.5 Å². The number of nitrogens with zero attached hydrogens (tertiary/aromatic N) is 5. The van der Waals surface area contributed by atoms with Crippen LogP contribution in [0.1, 0.15) is 62.4 Å². The zero-order valence-electron chi connectivity index (χ0n) is 19.8. The molecule has 2 aromatic rings. The van der Waals surface area contributed by atoms with Gasteiger partial charge in [0.1, 0.15) is 17.2 Å². The van der Waals surface area contributed by atoms with Gasteiger partial charge in [-0.1, -0.05) is 0 Å². The van der Waals surface area contributed by atoms with E-state index in [0.717, 1.165) is 18.5 Å². The summed E-state index contributed by atoms with van der Waals surface area (Å²) < 4.78 is 74.3. The molecule has 0 spiro atoms. The van der Waals surface area contributed by atoms with Gasteiger partial charge in [-0.25, -0.2) is 24.7 Å². The zero-order chi connectivity index (χ0) is 26.0. The summed E-state index contributed by atoms with van der Waals surface area (Å²) in [5.74, 6) is -5.36. The molecule has 0 atom stereocenters. The molecule has 0 bridgehead atoms. The summed E-state index contributed by atoms with van der Waals surface area (Å²) in [4.78, 5) is 28.4. The van der Waals surface area contributed by atoms with E-state index >= 15 is 8.78 Å². The maximum Gasteiger partial charge on any atom is 0.451 e. The first-order chi connectivity index (χ1) is 16.2. The summed E-state index contributed by atoms with van der Waals surface area (Å²) >= 11 is 0. The Bertz CT molecular complexity index is 1050. The van der Waals surface area contributed by atoms with Gasteiger partial charge in [-0.2, -0.15) is 22.0 Å². The van der Waals surface area contributed by atoms with Crippen molar-refractivity contribution in [3.05, 3.63) is 41.4 Å². The van der Waals surface area contributed by atoms with E-state index in [-0.39, 0.29) is 17.4 Å². The third-order valence-electron chi connectivity index (χ3n) is 5.27. The van der Waals surface area contributed by atoms with Gasteiger partial charge >= 0.3 is 12.3 Å². The molecular weight excluding hydrogens is 475 g/mol. The van der Waals surface area contributed by atoms with E-state index in [0.29, 0.717) is 31.8 Å². The number of carbonyl (C=O) groups excluding carboxylic acids is 1. The number of nitrogens with one attached hydrogen (secondary N) is 1. The van der Waals surface area contributed by atoms with Crippen LogP contribution in [0.5, 0.6) is 0 Å². The van der Waals surface area contributed by atoms with Crippen molar-refractivity contribution in [2.75, 3.05) is 25.0 Å². The van der Waals surface area contributed by atoms with Gasteiger partial charge in [0.05, 0.1) is 17.8 Å². The fourth-order valence-corrected chi connectivity index (χ4v) is 3.63. The molecule has 0 aliphatic carbocycles. The first-order valence-electron chi connectivity index (χ1n) is 11.0. The van der Waals surface area contributed by atoms with E-state index in [2.05, 4.69) is 25.3 Å². The van der Waals surface area contributed by atoms with E-state index in [4.69, 9.17) is 4.74 Å².